The standard InChI is InChI=1S/C19H28N2O/c22-19(18-13-20-14-21-18)12-17(16-10-11-16)9-5-4-8-15-6-2-1-3-7-15/h5,9,13-17H,1-4,6-8,10-12H2,(H,20,21)/b9-5-/t17-/m0/s1. The monoisotopic (exact) mass is 300 g/mol. The highest BCUT2D eigenvalue weighted by Crippen LogP contribution is 2.40. The lowest BCUT2D eigenvalue weighted by atomic mass is 9.86. The van der Waals surface area contributed by atoms with Crippen LogP contribution in [0.2, 0.25) is 0 Å². The second-order valence-corrected chi connectivity index (χ2v) is 7.10. The number of aromatic nitrogens is 2. The molecule has 0 amide bonds. The van der Waals surface area contributed by atoms with E-state index in [0.29, 0.717) is 18.0 Å². The number of aromatic amines is 1. The number of nitrogens with one attached hydrogen (secondary N) is 1. The molecule has 0 saturated heterocycles. The zero-order valence-corrected chi connectivity index (χ0v) is 13.5. The van der Waals surface area contributed by atoms with Gasteiger partial charge in [0.05, 0.1) is 12.5 Å². The summed E-state index contributed by atoms with van der Waals surface area (Å²) in [4.78, 5) is 19.1. The number of Topliss-reactive ketones (excluding diaryl/α,β-unsaturated/α-hetero) is 1. The van der Waals surface area contributed by atoms with Crippen molar-refractivity contribution in [1.82, 2.24) is 9.97 Å². The van der Waals surface area contributed by atoms with Crippen LogP contribution in [-0.4, -0.2) is 15.8 Å². The molecule has 2 aliphatic rings. The summed E-state index contributed by atoms with van der Waals surface area (Å²) >= 11 is 0. The summed E-state index contributed by atoms with van der Waals surface area (Å²) in [7, 11) is 0. The van der Waals surface area contributed by atoms with Crippen molar-refractivity contribution in [2.75, 3.05) is 0 Å². The molecule has 3 heteroatoms. The van der Waals surface area contributed by atoms with Gasteiger partial charge in [-0.15, -0.1) is 0 Å². The summed E-state index contributed by atoms with van der Waals surface area (Å²) in [6.45, 7) is 0. The number of H-pyrrole nitrogens is 1. The maximum Gasteiger partial charge on any atom is 0.181 e. The van der Waals surface area contributed by atoms with E-state index in [1.54, 1.807) is 12.5 Å². The second-order valence-electron chi connectivity index (χ2n) is 7.10. The van der Waals surface area contributed by atoms with Crippen LogP contribution in [0.4, 0.5) is 0 Å². The van der Waals surface area contributed by atoms with Crippen molar-refractivity contribution in [3.8, 4) is 0 Å². The van der Waals surface area contributed by atoms with Crippen LogP contribution in [0.25, 0.3) is 0 Å². The summed E-state index contributed by atoms with van der Waals surface area (Å²) in [5.41, 5.74) is 0.654. The number of hydrogen-bond donors (Lipinski definition) is 1. The first kappa shape index (κ1) is 15.5. The van der Waals surface area contributed by atoms with Crippen molar-refractivity contribution in [3.63, 3.8) is 0 Å². The molecule has 0 bridgehead atoms. The van der Waals surface area contributed by atoms with Crippen molar-refractivity contribution < 1.29 is 4.79 Å². The topological polar surface area (TPSA) is 45.8 Å². The first-order valence-corrected chi connectivity index (χ1v) is 9.01. The van der Waals surface area contributed by atoms with E-state index < -0.39 is 0 Å². The number of hydrogen-bond acceptors (Lipinski definition) is 2. The molecule has 1 aromatic rings. The van der Waals surface area contributed by atoms with Crippen molar-refractivity contribution in [1.29, 1.82) is 0 Å². The van der Waals surface area contributed by atoms with Gasteiger partial charge in [0.2, 0.25) is 0 Å². The molecule has 2 saturated carbocycles. The molecule has 0 unspecified atom stereocenters. The number of rotatable bonds is 8. The Labute approximate surface area is 133 Å². The Morgan fingerprint density at radius 2 is 2.09 bits per heavy atom. The fraction of sp³-hybridized carbons (Fsp3) is 0.684. The van der Waals surface area contributed by atoms with E-state index in [0.717, 1.165) is 11.8 Å². The normalized spacial score (nSPS) is 21.3. The van der Waals surface area contributed by atoms with Gasteiger partial charge in [-0.3, -0.25) is 4.79 Å². The van der Waals surface area contributed by atoms with Gasteiger partial charge in [0, 0.05) is 6.42 Å². The van der Waals surface area contributed by atoms with Gasteiger partial charge in [0.1, 0.15) is 5.69 Å². The molecule has 1 heterocycles. The Hall–Kier alpha value is -1.38. The van der Waals surface area contributed by atoms with Gasteiger partial charge in [-0.2, -0.15) is 0 Å². The van der Waals surface area contributed by atoms with Crippen molar-refractivity contribution in [3.05, 3.63) is 30.4 Å². The SMILES string of the molecule is O=C(C[C@H](/C=C\CCC1CCCCC1)C1CC1)c1cnc[nH]1. The summed E-state index contributed by atoms with van der Waals surface area (Å²) < 4.78 is 0. The molecular weight excluding hydrogens is 272 g/mol. The Kier molecular flexibility index (Phi) is 5.47. The van der Waals surface area contributed by atoms with Crippen LogP contribution in [0, 0.1) is 17.8 Å². The lowest BCUT2D eigenvalue weighted by Crippen LogP contribution is -2.09. The molecular formula is C19H28N2O. The van der Waals surface area contributed by atoms with Crippen molar-refractivity contribution in [2.24, 2.45) is 17.8 Å². The molecule has 3 nitrogen and oxygen atoms in total. The average molecular weight is 300 g/mol. The molecule has 2 aliphatic carbocycles. The Balaban J connectivity index is 1.44. The predicted octanol–water partition coefficient (Wildman–Crippen LogP) is 4.93. The van der Waals surface area contributed by atoms with Gasteiger partial charge in [-0.1, -0.05) is 44.3 Å². The lowest BCUT2D eigenvalue weighted by molar-refractivity contribution is 0.0961. The third kappa shape index (κ3) is 4.56. The van der Waals surface area contributed by atoms with Crippen LogP contribution in [0.15, 0.2) is 24.7 Å². The molecule has 3 rings (SSSR count). The van der Waals surface area contributed by atoms with Crippen LogP contribution in [0.1, 0.15) is 74.7 Å². The number of carbonyl (C=O) groups is 1. The number of ketones is 1. The van der Waals surface area contributed by atoms with Crippen LogP contribution in [0.5, 0.6) is 0 Å². The molecule has 1 atom stereocenters. The smallest absolute Gasteiger partial charge is 0.181 e. The summed E-state index contributed by atoms with van der Waals surface area (Å²) in [5, 5.41) is 0. The van der Waals surface area contributed by atoms with Gasteiger partial charge < -0.3 is 4.98 Å². The van der Waals surface area contributed by atoms with E-state index >= 15 is 0 Å². The minimum Gasteiger partial charge on any atom is -0.342 e. The number of carbonyl (C=O) groups excluding carboxylic acids is 1. The van der Waals surface area contributed by atoms with E-state index in [2.05, 4.69) is 22.1 Å². The zero-order chi connectivity index (χ0) is 15.2. The summed E-state index contributed by atoms with van der Waals surface area (Å²) in [6.07, 6.45) is 20.8. The van der Waals surface area contributed by atoms with Crippen LogP contribution in [-0.2, 0) is 0 Å². The highest BCUT2D eigenvalue weighted by molar-refractivity contribution is 5.94. The van der Waals surface area contributed by atoms with Crippen LogP contribution < -0.4 is 0 Å². The molecule has 0 aromatic carbocycles. The lowest BCUT2D eigenvalue weighted by Gasteiger charge is -2.20. The highest BCUT2D eigenvalue weighted by Gasteiger charge is 2.31. The first-order valence-electron chi connectivity index (χ1n) is 9.01. The van der Waals surface area contributed by atoms with Crippen molar-refractivity contribution >= 4 is 5.78 Å². The fourth-order valence-corrected chi connectivity index (χ4v) is 3.73. The van der Waals surface area contributed by atoms with Gasteiger partial charge in [-0.05, 0) is 43.4 Å². The first-order chi connectivity index (χ1) is 10.8. The van der Waals surface area contributed by atoms with Crippen LogP contribution in [0.3, 0.4) is 0 Å². The molecule has 1 N–H and O–H groups in total. The molecule has 0 aliphatic heterocycles. The number of allylic oxidation sites excluding steroid dienone is 2. The minimum atomic E-state index is 0.200. The molecule has 1 aromatic heterocycles. The third-order valence-corrected chi connectivity index (χ3v) is 5.30. The van der Waals surface area contributed by atoms with E-state index in [-0.39, 0.29) is 5.78 Å². The Morgan fingerprint density at radius 3 is 2.77 bits per heavy atom. The maximum atomic E-state index is 12.2. The van der Waals surface area contributed by atoms with Crippen molar-refractivity contribution in [2.45, 2.75) is 64.2 Å². The highest BCUT2D eigenvalue weighted by atomic mass is 16.1. The third-order valence-electron chi connectivity index (χ3n) is 5.30. The van der Waals surface area contributed by atoms with E-state index in [4.69, 9.17) is 0 Å². The summed E-state index contributed by atoms with van der Waals surface area (Å²) in [5.74, 6) is 2.32. The zero-order valence-electron chi connectivity index (χ0n) is 13.5. The fourth-order valence-electron chi connectivity index (χ4n) is 3.73. The number of nitrogens with zero attached hydrogens (tertiary/aromatic N) is 1. The van der Waals surface area contributed by atoms with Crippen LogP contribution >= 0.6 is 0 Å². The molecule has 22 heavy (non-hydrogen) atoms. The van der Waals surface area contributed by atoms with E-state index in [1.807, 2.05) is 0 Å². The van der Waals surface area contributed by atoms with Gasteiger partial charge in [-0.25, -0.2) is 4.98 Å². The largest absolute Gasteiger partial charge is 0.342 e. The maximum absolute atomic E-state index is 12.2. The molecule has 0 radical (unpaired) electrons. The Bertz CT molecular complexity index is 482. The van der Waals surface area contributed by atoms with Gasteiger partial charge >= 0.3 is 0 Å². The van der Waals surface area contributed by atoms with E-state index in [1.165, 1.54) is 57.8 Å². The second kappa shape index (κ2) is 7.75. The summed E-state index contributed by atoms with van der Waals surface area (Å²) in [6, 6.07) is 0. The molecule has 120 valence electrons. The Morgan fingerprint density at radius 1 is 1.27 bits per heavy atom. The van der Waals surface area contributed by atoms with Gasteiger partial charge in [0.25, 0.3) is 0 Å². The molecule has 0 spiro atoms. The van der Waals surface area contributed by atoms with Gasteiger partial charge in [0.15, 0.2) is 5.78 Å². The minimum absolute atomic E-state index is 0.200. The quantitative estimate of drug-likeness (QED) is 0.547. The average Bonchev–Trinajstić information content (AvgIpc) is 3.24. The number of imidazole rings is 1. The van der Waals surface area contributed by atoms with E-state index in [9.17, 15) is 4.79 Å². The predicted molar refractivity (Wildman–Crippen MR) is 88.7 cm³/mol. The molecule has 2 fully saturated rings.